The molecule has 114 valence electrons. The first kappa shape index (κ1) is 15.3. The fourth-order valence-corrected chi connectivity index (χ4v) is 4.58. The summed E-state index contributed by atoms with van der Waals surface area (Å²) in [6.45, 7) is 2.62. The number of nitrogens with zero attached hydrogens (tertiary/aromatic N) is 2. The lowest BCUT2D eigenvalue weighted by Crippen LogP contribution is -2.16. The van der Waals surface area contributed by atoms with Gasteiger partial charge in [-0.05, 0) is 43.3 Å². The van der Waals surface area contributed by atoms with E-state index in [1.54, 1.807) is 12.1 Å². The zero-order valence-electron chi connectivity index (χ0n) is 11.7. The molecule has 0 bridgehead atoms. The highest BCUT2D eigenvalue weighted by Crippen LogP contribution is 2.19. The van der Waals surface area contributed by atoms with Crippen LogP contribution in [0, 0.1) is 0 Å². The van der Waals surface area contributed by atoms with Crippen molar-refractivity contribution >= 4 is 43.2 Å². The number of thiazole rings is 1. The molecule has 3 rings (SSSR count). The van der Waals surface area contributed by atoms with E-state index in [0.717, 1.165) is 10.2 Å². The second kappa shape index (κ2) is 5.87. The molecule has 0 unspecified atom stereocenters. The van der Waals surface area contributed by atoms with E-state index in [2.05, 4.69) is 4.40 Å². The van der Waals surface area contributed by atoms with Gasteiger partial charge in [-0.1, -0.05) is 35.1 Å². The number of fused-ring (bicyclic) bond motifs is 1. The van der Waals surface area contributed by atoms with Crippen molar-refractivity contribution in [3.05, 3.63) is 58.4 Å². The van der Waals surface area contributed by atoms with Gasteiger partial charge in [-0.15, -0.1) is 4.40 Å². The van der Waals surface area contributed by atoms with Gasteiger partial charge in [0.2, 0.25) is 4.80 Å². The van der Waals surface area contributed by atoms with Crippen LogP contribution in [0.5, 0.6) is 0 Å². The summed E-state index contributed by atoms with van der Waals surface area (Å²) in [5.74, 6) is 0. The van der Waals surface area contributed by atoms with E-state index in [0.29, 0.717) is 16.4 Å². The van der Waals surface area contributed by atoms with Crippen molar-refractivity contribution in [1.82, 2.24) is 4.57 Å². The molecule has 1 aromatic heterocycles. The summed E-state index contributed by atoms with van der Waals surface area (Å²) in [5.41, 5.74) is 0.986. The molecular weight excluding hydrogens is 340 g/mol. The van der Waals surface area contributed by atoms with E-state index >= 15 is 0 Å². The first-order valence-corrected chi connectivity index (χ1v) is 9.29. The number of aryl methyl sites for hydroxylation is 1. The molecule has 4 nitrogen and oxygen atoms in total. The second-order valence-electron chi connectivity index (χ2n) is 4.62. The van der Waals surface area contributed by atoms with Crippen LogP contribution in [0.2, 0.25) is 5.02 Å². The lowest BCUT2D eigenvalue weighted by molar-refractivity contribution is 0.595. The largest absolute Gasteiger partial charge is 0.316 e. The maximum Gasteiger partial charge on any atom is 0.285 e. The maximum atomic E-state index is 12.4. The van der Waals surface area contributed by atoms with Gasteiger partial charge in [0, 0.05) is 11.6 Å². The van der Waals surface area contributed by atoms with Gasteiger partial charge in [-0.3, -0.25) is 0 Å². The van der Waals surface area contributed by atoms with Crippen LogP contribution in [0.3, 0.4) is 0 Å². The van der Waals surface area contributed by atoms with E-state index in [4.69, 9.17) is 11.6 Å². The molecule has 0 aliphatic carbocycles. The van der Waals surface area contributed by atoms with E-state index in [1.165, 1.54) is 23.5 Å². The van der Waals surface area contributed by atoms with E-state index in [9.17, 15) is 8.42 Å². The summed E-state index contributed by atoms with van der Waals surface area (Å²) in [4.78, 5) is 0.607. The van der Waals surface area contributed by atoms with Crippen molar-refractivity contribution in [2.24, 2.45) is 4.40 Å². The third-order valence-corrected chi connectivity index (χ3v) is 5.92. The first-order chi connectivity index (χ1) is 10.5. The highest BCUT2D eigenvalue weighted by atomic mass is 35.5. The fourth-order valence-electron chi connectivity index (χ4n) is 2.16. The van der Waals surface area contributed by atoms with Crippen molar-refractivity contribution in [3.63, 3.8) is 0 Å². The minimum atomic E-state index is -3.75. The average molecular weight is 353 g/mol. The highest BCUT2D eigenvalue weighted by molar-refractivity contribution is 7.90. The number of aromatic nitrogens is 1. The molecule has 0 saturated heterocycles. The number of benzene rings is 2. The predicted octanol–water partition coefficient (Wildman–Crippen LogP) is 3.67. The molecular formula is C15H13ClN2O2S2. The number of hydrogen-bond donors (Lipinski definition) is 0. The number of hydrogen-bond acceptors (Lipinski definition) is 3. The lowest BCUT2D eigenvalue weighted by atomic mass is 10.3. The van der Waals surface area contributed by atoms with Crippen LogP contribution < -0.4 is 4.80 Å². The average Bonchev–Trinajstić information content (AvgIpc) is 2.83. The SMILES string of the molecule is CCn1c(=NS(=O)(=O)c2ccc(Cl)cc2)sc2ccccc21. The smallest absolute Gasteiger partial charge is 0.285 e. The van der Waals surface area contributed by atoms with Crippen LogP contribution in [-0.2, 0) is 16.6 Å². The molecule has 0 atom stereocenters. The third-order valence-electron chi connectivity index (χ3n) is 3.21. The van der Waals surface area contributed by atoms with Gasteiger partial charge in [-0.2, -0.15) is 8.42 Å². The zero-order valence-corrected chi connectivity index (χ0v) is 14.1. The quantitative estimate of drug-likeness (QED) is 0.722. The molecule has 0 N–H and O–H groups in total. The van der Waals surface area contributed by atoms with E-state index < -0.39 is 10.0 Å². The maximum absolute atomic E-state index is 12.4. The standard InChI is InChI=1S/C15H13ClN2O2S2/c1-2-18-13-5-3-4-6-14(13)21-15(18)17-22(19,20)12-9-7-11(16)8-10-12/h3-10H,2H2,1H3. The Morgan fingerprint density at radius 1 is 1.14 bits per heavy atom. The van der Waals surface area contributed by atoms with Gasteiger partial charge in [0.15, 0.2) is 0 Å². The van der Waals surface area contributed by atoms with Gasteiger partial charge >= 0.3 is 0 Å². The Labute approximate surface area is 137 Å². The van der Waals surface area contributed by atoms with Crippen LogP contribution in [0.25, 0.3) is 10.2 Å². The number of para-hydroxylation sites is 1. The topological polar surface area (TPSA) is 51.4 Å². The van der Waals surface area contributed by atoms with Crippen molar-refractivity contribution in [2.75, 3.05) is 0 Å². The molecule has 0 spiro atoms. The highest BCUT2D eigenvalue weighted by Gasteiger charge is 2.14. The predicted molar refractivity (Wildman–Crippen MR) is 89.7 cm³/mol. The lowest BCUT2D eigenvalue weighted by Gasteiger charge is -2.01. The molecule has 3 aromatic rings. The van der Waals surface area contributed by atoms with Gasteiger partial charge in [-0.25, -0.2) is 0 Å². The van der Waals surface area contributed by atoms with Gasteiger partial charge in [0.1, 0.15) is 0 Å². The van der Waals surface area contributed by atoms with Crippen molar-refractivity contribution in [1.29, 1.82) is 0 Å². The van der Waals surface area contributed by atoms with Crippen LogP contribution in [0.15, 0.2) is 57.8 Å². The first-order valence-electron chi connectivity index (χ1n) is 6.66. The Morgan fingerprint density at radius 3 is 2.50 bits per heavy atom. The number of halogens is 1. The molecule has 0 aliphatic heterocycles. The summed E-state index contributed by atoms with van der Waals surface area (Å²) in [5, 5.41) is 0.490. The normalized spacial score (nSPS) is 12.9. The molecule has 0 radical (unpaired) electrons. The molecule has 1 heterocycles. The Balaban J connectivity index is 2.21. The Bertz CT molecular complexity index is 986. The van der Waals surface area contributed by atoms with Crippen LogP contribution >= 0.6 is 22.9 Å². The second-order valence-corrected chi connectivity index (χ2v) is 7.67. The Hall–Kier alpha value is -1.63. The minimum absolute atomic E-state index is 0.136. The van der Waals surface area contributed by atoms with E-state index in [-0.39, 0.29) is 4.90 Å². The minimum Gasteiger partial charge on any atom is -0.316 e. The van der Waals surface area contributed by atoms with E-state index in [1.807, 2.05) is 35.8 Å². The third kappa shape index (κ3) is 2.82. The van der Waals surface area contributed by atoms with Crippen molar-refractivity contribution < 1.29 is 8.42 Å². The molecule has 0 amide bonds. The van der Waals surface area contributed by atoms with Crippen LogP contribution in [0.1, 0.15) is 6.92 Å². The molecule has 0 aliphatic rings. The molecule has 0 saturated carbocycles. The Morgan fingerprint density at radius 2 is 1.82 bits per heavy atom. The van der Waals surface area contributed by atoms with Gasteiger partial charge in [0.05, 0.1) is 15.1 Å². The zero-order chi connectivity index (χ0) is 15.7. The fraction of sp³-hybridized carbons (Fsp3) is 0.133. The molecule has 0 fully saturated rings. The van der Waals surface area contributed by atoms with Crippen molar-refractivity contribution in [3.8, 4) is 0 Å². The Kier molecular flexibility index (Phi) is 4.08. The van der Waals surface area contributed by atoms with Gasteiger partial charge in [0.25, 0.3) is 10.0 Å². The summed E-state index contributed by atoms with van der Waals surface area (Å²) in [6.07, 6.45) is 0. The summed E-state index contributed by atoms with van der Waals surface area (Å²) in [7, 11) is -3.75. The monoisotopic (exact) mass is 352 g/mol. The summed E-state index contributed by atoms with van der Waals surface area (Å²) in [6, 6.07) is 13.8. The summed E-state index contributed by atoms with van der Waals surface area (Å²) < 4.78 is 31.8. The number of sulfonamides is 1. The van der Waals surface area contributed by atoms with Crippen LogP contribution in [0.4, 0.5) is 0 Å². The molecule has 22 heavy (non-hydrogen) atoms. The molecule has 2 aromatic carbocycles. The van der Waals surface area contributed by atoms with Gasteiger partial charge < -0.3 is 4.57 Å². The number of rotatable bonds is 3. The summed E-state index contributed by atoms with van der Waals surface area (Å²) >= 11 is 7.16. The van der Waals surface area contributed by atoms with Crippen LogP contribution in [-0.4, -0.2) is 13.0 Å². The molecule has 7 heteroatoms. The van der Waals surface area contributed by atoms with Crippen molar-refractivity contribution in [2.45, 2.75) is 18.4 Å².